The van der Waals surface area contributed by atoms with E-state index in [9.17, 15) is 4.79 Å². The SMILES string of the molecule is CCSc1ncc2c(=O)n(-c3ccccc3)c3ccccc3c2n1. The molecule has 0 fully saturated rings. The third-order valence-electron chi connectivity index (χ3n) is 3.89. The lowest BCUT2D eigenvalue weighted by atomic mass is 10.1. The van der Waals surface area contributed by atoms with Gasteiger partial charge < -0.3 is 0 Å². The van der Waals surface area contributed by atoms with Crippen LogP contribution in [0.1, 0.15) is 6.92 Å². The lowest BCUT2D eigenvalue weighted by molar-refractivity contribution is 0.990. The van der Waals surface area contributed by atoms with E-state index < -0.39 is 0 Å². The maximum atomic E-state index is 13.1. The van der Waals surface area contributed by atoms with Crippen molar-refractivity contribution in [3.63, 3.8) is 0 Å². The highest BCUT2D eigenvalue weighted by molar-refractivity contribution is 7.99. The first kappa shape index (κ1) is 14.9. The van der Waals surface area contributed by atoms with Gasteiger partial charge >= 0.3 is 0 Å². The first-order valence-corrected chi connectivity index (χ1v) is 8.77. The first-order chi connectivity index (χ1) is 11.8. The smallest absolute Gasteiger partial charge is 0.266 e. The summed E-state index contributed by atoms with van der Waals surface area (Å²) in [5.74, 6) is 0.893. The maximum absolute atomic E-state index is 13.1. The van der Waals surface area contributed by atoms with Crippen LogP contribution in [-0.4, -0.2) is 20.3 Å². The summed E-state index contributed by atoms with van der Waals surface area (Å²) < 4.78 is 1.73. The monoisotopic (exact) mass is 333 g/mol. The predicted octanol–water partition coefficient (Wildman–Crippen LogP) is 4.05. The van der Waals surface area contributed by atoms with E-state index in [0.717, 1.165) is 22.3 Å². The molecule has 0 unspecified atom stereocenters. The van der Waals surface area contributed by atoms with Crippen molar-refractivity contribution in [3.8, 4) is 5.69 Å². The van der Waals surface area contributed by atoms with Crippen LogP contribution in [0.3, 0.4) is 0 Å². The lowest BCUT2D eigenvalue weighted by Crippen LogP contribution is -2.19. The Bertz CT molecular complexity index is 1090. The Morgan fingerprint density at radius 2 is 1.75 bits per heavy atom. The zero-order valence-electron chi connectivity index (χ0n) is 13.1. The van der Waals surface area contributed by atoms with Gasteiger partial charge in [-0.05, 0) is 24.0 Å². The number of aromatic nitrogens is 3. The second kappa shape index (κ2) is 6.09. The van der Waals surface area contributed by atoms with Gasteiger partial charge in [0, 0.05) is 17.3 Å². The fourth-order valence-corrected chi connectivity index (χ4v) is 3.40. The highest BCUT2D eigenvalue weighted by Crippen LogP contribution is 2.24. The van der Waals surface area contributed by atoms with Crippen LogP contribution in [0.4, 0.5) is 0 Å². The normalized spacial score (nSPS) is 11.2. The van der Waals surface area contributed by atoms with Gasteiger partial charge in [-0.1, -0.05) is 55.1 Å². The molecule has 5 heteroatoms. The van der Waals surface area contributed by atoms with Gasteiger partial charge in [-0.2, -0.15) is 0 Å². The van der Waals surface area contributed by atoms with Crippen molar-refractivity contribution in [2.45, 2.75) is 12.1 Å². The van der Waals surface area contributed by atoms with Crippen LogP contribution >= 0.6 is 11.8 Å². The molecule has 118 valence electrons. The maximum Gasteiger partial charge on any atom is 0.266 e. The number of rotatable bonds is 3. The van der Waals surface area contributed by atoms with Crippen molar-refractivity contribution >= 4 is 33.6 Å². The number of nitrogens with zero attached hydrogens (tertiary/aromatic N) is 3. The molecule has 0 bridgehead atoms. The summed E-state index contributed by atoms with van der Waals surface area (Å²) in [5, 5.41) is 2.20. The van der Waals surface area contributed by atoms with Gasteiger partial charge in [0.05, 0.1) is 16.4 Å². The average molecular weight is 333 g/mol. The molecule has 0 spiro atoms. The van der Waals surface area contributed by atoms with Gasteiger partial charge in [-0.15, -0.1) is 0 Å². The van der Waals surface area contributed by atoms with Gasteiger partial charge in [-0.25, -0.2) is 9.97 Å². The molecule has 2 aromatic carbocycles. The highest BCUT2D eigenvalue weighted by Gasteiger charge is 2.14. The molecule has 2 heterocycles. The van der Waals surface area contributed by atoms with Gasteiger partial charge in [0.15, 0.2) is 5.16 Å². The summed E-state index contributed by atoms with van der Waals surface area (Å²) in [5.41, 5.74) is 2.32. The third kappa shape index (κ3) is 2.37. The summed E-state index contributed by atoms with van der Waals surface area (Å²) in [7, 11) is 0. The number of fused-ring (bicyclic) bond motifs is 3. The quantitative estimate of drug-likeness (QED) is 0.322. The van der Waals surface area contributed by atoms with E-state index in [2.05, 4.69) is 16.9 Å². The molecular formula is C19H15N3OS. The first-order valence-electron chi connectivity index (χ1n) is 7.78. The van der Waals surface area contributed by atoms with Crippen LogP contribution in [0.5, 0.6) is 0 Å². The molecule has 4 aromatic rings. The molecule has 2 aromatic heterocycles. The average Bonchev–Trinajstić information content (AvgIpc) is 2.63. The predicted molar refractivity (Wildman–Crippen MR) is 99.0 cm³/mol. The number of pyridine rings is 1. The molecule has 0 amide bonds. The molecular weight excluding hydrogens is 318 g/mol. The minimum atomic E-state index is -0.0945. The van der Waals surface area contributed by atoms with Crippen molar-refractivity contribution in [1.82, 2.24) is 14.5 Å². The van der Waals surface area contributed by atoms with Crippen molar-refractivity contribution in [3.05, 3.63) is 71.1 Å². The van der Waals surface area contributed by atoms with Crippen molar-refractivity contribution in [1.29, 1.82) is 0 Å². The highest BCUT2D eigenvalue weighted by atomic mass is 32.2. The molecule has 0 saturated heterocycles. The second-order valence-electron chi connectivity index (χ2n) is 5.34. The zero-order valence-corrected chi connectivity index (χ0v) is 14.0. The number of hydrogen-bond donors (Lipinski definition) is 0. The Morgan fingerprint density at radius 1 is 1.00 bits per heavy atom. The zero-order chi connectivity index (χ0) is 16.5. The van der Waals surface area contributed by atoms with E-state index >= 15 is 0 Å². The molecule has 4 nitrogen and oxygen atoms in total. The Morgan fingerprint density at radius 3 is 2.54 bits per heavy atom. The van der Waals surface area contributed by atoms with Crippen molar-refractivity contribution in [2.75, 3.05) is 5.75 Å². The van der Waals surface area contributed by atoms with Crippen LogP contribution in [0.25, 0.3) is 27.5 Å². The van der Waals surface area contributed by atoms with E-state index in [1.807, 2.05) is 54.6 Å². The molecule has 0 saturated carbocycles. The van der Waals surface area contributed by atoms with Crippen LogP contribution in [0, 0.1) is 0 Å². The molecule has 0 aliphatic rings. The molecule has 24 heavy (non-hydrogen) atoms. The summed E-state index contributed by atoms with van der Waals surface area (Å²) in [6.45, 7) is 2.06. The van der Waals surface area contributed by atoms with Gasteiger partial charge in [0.25, 0.3) is 5.56 Å². The largest absolute Gasteiger partial charge is 0.276 e. The number of benzene rings is 2. The molecule has 0 aliphatic carbocycles. The molecule has 0 atom stereocenters. The Kier molecular flexibility index (Phi) is 3.78. The summed E-state index contributed by atoms with van der Waals surface area (Å²) in [6.07, 6.45) is 1.65. The number of thioether (sulfide) groups is 1. The fourth-order valence-electron chi connectivity index (χ4n) is 2.86. The van der Waals surface area contributed by atoms with E-state index in [1.54, 1.807) is 22.5 Å². The minimum absolute atomic E-state index is 0.0945. The fraction of sp³-hybridized carbons (Fsp3) is 0.105. The summed E-state index contributed by atoms with van der Waals surface area (Å²) >= 11 is 1.57. The number of para-hydroxylation sites is 2. The van der Waals surface area contributed by atoms with Crippen LogP contribution < -0.4 is 5.56 Å². The topological polar surface area (TPSA) is 47.8 Å². The lowest BCUT2D eigenvalue weighted by Gasteiger charge is -2.12. The van der Waals surface area contributed by atoms with Gasteiger partial charge in [0.1, 0.15) is 0 Å². The van der Waals surface area contributed by atoms with Crippen LogP contribution in [0.2, 0.25) is 0 Å². The Hall–Kier alpha value is -2.66. The minimum Gasteiger partial charge on any atom is -0.276 e. The molecule has 4 rings (SSSR count). The second-order valence-corrected chi connectivity index (χ2v) is 6.57. The van der Waals surface area contributed by atoms with Gasteiger partial charge in [0.2, 0.25) is 0 Å². The molecule has 0 radical (unpaired) electrons. The summed E-state index contributed by atoms with van der Waals surface area (Å²) in [6, 6.07) is 17.5. The van der Waals surface area contributed by atoms with E-state index in [0.29, 0.717) is 16.1 Å². The van der Waals surface area contributed by atoms with E-state index in [-0.39, 0.29) is 5.56 Å². The van der Waals surface area contributed by atoms with Crippen LogP contribution in [-0.2, 0) is 0 Å². The summed E-state index contributed by atoms with van der Waals surface area (Å²) in [4.78, 5) is 22.1. The van der Waals surface area contributed by atoms with Gasteiger partial charge in [-0.3, -0.25) is 9.36 Å². The van der Waals surface area contributed by atoms with E-state index in [4.69, 9.17) is 0 Å². The standard InChI is InChI=1S/C19H15N3OS/c1-2-24-19-20-12-15-17(21-19)14-10-6-7-11-16(14)22(18(15)23)13-8-4-3-5-9-13/h3-12H,2H2,1H3. The molecule has 0 aliphatic heterocycles. The van der Waals surface area contributed by atoms with Crippen LogP contribution in [0.15, 0.2) is 70.7 Å². The van der Waals surface area contributed by atoms with Crippen molar-refractivity contribution in [2.24, 2.45) is 0 Å². The third-order valence-corrected chi connectivity index (χ3v) is 4.63. The number of hydrogen-bond acceptors (Lipinski definition) is 4. The van der Waals surface area contributed by atoms with Crippen molar-refractivity contribution < 1.29 is 0 Å². The Labute approximate surface area is 143 Å². The Balaban J connectivity index is 2.16. The molecule has 0 N–H and O–H groups in total. The van der Waals surface area contributed by atoms with E-state index in [1.165, 1.54) is 0 Å².